The van der Waals surface area contributed by atoms with Crippen molar-refractivity contribution in [3.63, 3.8) is 0 Å². The molecule has 2 heterocycles. The highest BCUT2D eigenvalue weighted by Crippen LogP contribution is 2.52. The van der Waals surface area contributed by atoms with Crippen LogP contribution in [0.2, 0.25) is 0 Å². The van der Waals surface area contributed by atoms with Gasteiger partial charge in [0.25, 0.3) is 0 Å². The first-order valence-electron chi connectivity index (χ1n) is 21.4. The number of hydrogen-bond acceptors (Lipinski definition) is 3. The molecule has 0 saturated carbocycles. The number of nitrogens with zero attached hydrogens (tertiary/aromatic N) is 1. The van der Waals surface area contributed by atoms with E-state index in [2.05, 4.69) is 241 Å². The van der Waals surface area contributed by atoms with Crippen molar-refractivity contribution in [2.75, 3.05) is 4.90 Å². The molecular formula is C60H39NS2. The smallest absolute Gasteiger partial charge is 0.0555 e. The van der Waals surface area contributed by atoms with Gasteiger partial charge in [0, 0.05) is 46.0 Å². The largest absolute Gasteiger partial charge is 0.309 e. The monoisotopic (exact) mass is 837 g/mol. The Labute approximate surface area is 375 Å². The lowest BCUT2D eigenvalue weighted by atomic mass is 9.94. The Morgan fingerprint density at radius 3 is 1.32 bits per heavy atom. The number of anilines is 3. The molecule has 0 bridgehead atoms. The Hall–Kier alpha value is -7.56. The predicted octanol–water partition coefficient (Wildman–Crippen LogP) is 18.2. The van der Waals surface area contributed by atoms with Gasteiger partial charge in [0.2, 0.25) is 0 Å². The van der Waals surface area contributed by atoms with Crippen LogP contribution in [0.3, 0.4) is 0 Å². The summed E-state index contributed by atoms with van der Waals surface area (Å²) in [5.74, 6) is 0. The van der Waals surface area contributed by atoms with Gasteiger partial charge >= 0.3 is 0 Å². The maximum atomic E-state index is 2.53. The van der Waals surface area contributed by atoms with Gasteiger partial charge in [-0.3, -0.25) is 0 Å². The summed E-state index contributed by atoms with van der Waals surface area (Å²) in [4.78, 5) is 2.53. The zero-order chi connectivity index (χ0) is 41.7. The molecular weight excluding hydrogens is 799 g/mol. The van der Waals surface area contributed by atoms with Gasteiger partial charge in [0.15, 0.2) is 0 Å². The van der Waals surface area contributed by atoms with Crippen LogP contribution in [0.15, 0.2) is 237 Å². The van der Waals surface area contributed by atoms with Crippen LogP contribution < -0.4 is 4.90 Å². The number of rotatable bonds is 8. The second-order valence-corrected chi connectivity index (χ2v) is 18.1. The quantitative estimate of drug-likeness (QED) is 0.147. The zero-order valence-corrected chi connectivity index (χ0v) is 35.9. The fourth-order valence-corrected chi connectivity index (χ4v) is 11.8. The van der Waals surface area contributed by atoms with Gasteiger partial charge in [-0.05, 0) is 98.1 Å². The molecule has 12 rings (SSSR count). The summed E-state index contributed by atoms with van der Waals surface area (Å²) in [6.07, 6.45) is 0. The first kappa shape index (κ1) is 37.2. The summed E-state index contributed by atoms with van der Waals surface area (Å²) in [7, 11) is 0. The van der Waals surface area contributed by atoms with Gasteiger partial charge in [-0.2, -0.15) is 0 Å². The van der Waals surface area contributed by atoms with Gasteiger partial charge in [0.1, 0.15) is 0 Å². The van der Waals surface area contributed by atoms with E-state index in [1.54, 1.807) is 0 Å². The average Bonchev–Trinajstić information content (AvgIpc) is 3.94. The molecule has 12 aromatic rings. The minimum Gasteiger partial charge on any atom is -0.309 e. The maximum Gasteiger partial charge on any atom is 0.0555 e. The highest BCUT2D eigenvalue weighted by atomic mass is 32.1. The number of fused-ring (bicyclic) bond motifs is 6. The van der Waals surface area contributed by atoms with Crippen molar-refractivity contribution in [2.24, 2.45) is 0 Å². The van der Waals surface area contributed by atoms with Crippen LogP contribution in [0.25, 0.3) is 96.0 Å². The van der Waals surface area contributed by atoms with Crippen molar-refractivity contribution in [1.82, 2.24) is 0 Å². The third-order valence-electron chi connectivity index (χ3n) is 12.3. The van der Waals surface area contributed by atoms with Crippen molar-refractivity contribution in [2.45, 2.75) is 0 Å². The minimum atomic E-state index is 1.11. The van der Waals surface area contributed by atoms with Gasteiger partial charge in [-0.15, -0.1) is 22.7 Å². The van der Waals surface area contributed by atoms with E-state index < -0.39 is 0 Å². The molecule has 63 heavy (non-hydrogen) atoms. The van der Waals surface area contributed by atoms with Gasteiger partial charge in [-0.1, -0.05) is 194 Å². The summed E-state index contributed by atoms with van der Waals surface area (Å²) >= 11 is 3.77. The summed E-state index contributed by atoms with van der Waals surface area (Å²) in [5.41, 5.74) is 15.7. The normalized spacial score (nSPS) is 11.5. The van der Waals surface area contributed by atoms with Crippen molar-refractivity contribution in [3.05, 3.63) is 237 Å². The van der Waals surface area contributed by atoms with Crippen LogP contribution >= 0.6 is 22.7 Å². The second kappa shape index (κ2) is 15.7. The average molecular weight is 838 g/mol. The number of hydrogen-bond donors (Lipinski definition) is 0. The summed E-state index contributed by atoms with van der Waals surface area (Å²) in [5, 5.41) is 5.05. The standard InChI is InChI=1S/C60H39NS2/c1-5-16-40(17-6-1)45-30-34-51-56(38-45)62-55-27-15-26-53(58(51)55)61(47-32-28-44(29-33-47)49-25-14-13-24-48(49)42-20-9-3-10-21-42)54-37-36-50(43-22-11-4-12-23-43)60-59(54)52-35-31-46(39-57(52)63-60)41-18-7-2-8-19-41/h1-39H. The molecule has 0 N–H and O–H groups in total. The molecule has 0 aliphatic rings. The van der Waals surface area contributed by atoms with Crippen LogP contribution in [0.5, 0.6) is 0 Å². The molecule has 0 aliphatic heterocycles. The third kappa shape index (κ3) is 6.61. The first-order chi connectivity index (χ1) is 31.2. The van der Waals surface area contributed by atoms with Crippen LogP contribution in [0.1, 0.15) is 0 Å². The molecule has 1 nitrogen and oxygen atoms in total. The lowest BCUT2D eigenvalue weighted by Crippen LogP contribution is -2.11. The Kier molecular flexibility index (Phi) is 9.29. The lowest BCUT2D eigenvalue weighted by Gasteiger charge is -2.28. The lowest BCUT2D eigenvalue weighted by molar-refractivity contribution is 1.32. The zero-order valence-electron chi connectivity index (χ0n) is 34.3. The van der Waals surface area contributed by atoms with Crippen molar-refractivity contribution in [3.8, 4) is 55.6 Å². The van der Waals surface area contributed by atoms with E-state index in [1.807, 2.05) is 22.7 Å². The van der Waals surface area contributed by atoms with Crippen molar-refractivity contribution < 1.29 is 0 Å². The van der Waals surface area contributed by atoms with Crippen LogP contribution in [0, 0.1) is 0 Å². The molecule has 0 atom stereocenters. The Morgan fingerprint density at radius 1 is 0.270 bits per heavy atom. The Bertz CT molecular complexity index is 3590. The molecule has 296 valence electrons. The minimum absolute atomic E-state index is 1.11. The van der Waals surface area contributed by atoms with Gasteiger partial charge < -0.3 is 4.90 Å². The van der Waals surface area contributed by atoms with Gasteiger partial charge in [-0.25, -0.2) is 0 Å². The SMILES string of the molecule is c1ccc(-c2ccc3c(c2)sc2cccc(N(c4ccc(-c5ccccc5-c5ccccc5)cc4)c4ccc(-c5ccccc5)c5sc6cc(-c7ccccc7)ccc6c45)c23)cc1. The molecule has 0 spiro atoms. The van der Waals surface area contributed by atoms with E-state index in [0.29, 0.717) is 0 Å². The molecule has 0 fully saturated rings. The molecule has 2 aromatic heterocycles. The van der Waals surface area contributed by atoms with E-state index in [-0.39, 0.29) is 0 Å². The number of thiophene rings is 2. The second-order valence-electron chi connectivity index (χ2n) is 16.0. The summed E-state index contributed by atoms with van der Waals surface area (Å²) in [6.45, 7) is 0. The topological polar surface area (TPSA) is 3.24 Å². The molecule has 10 aromatic carbocycles. The molecule has 3 heteroatoms. The summed E-state index contributed by atoms with van der Waals surface area (Å²) in [6, 6.07) is 86.5. The molecule has 0 aliphatic carbocycles. The molecule has 0 amide bonds. The van der Waals surface area contributed by atoms with E-state index in [1.165, 1.54) is 96.0 Å². The molecule has 0 radical (unpaired) electrons. The third-order valence-corrected chi connectivity index (χ3v) is 14.6. The molecule has 0 saturated heterocycles. The van der Waals surface area contributed by atoms with Crippen LogP contribution in [-0.4, -0.2) is 0 Å². The maximum absolute atomic E-state index is 2.53. The first-order valence-corrected chi connectivity index (χ1v) is 23.0. The van der Waals surface area contributed by atoms with Crippen LogP contribution in [0.4, 0.5) is 17.1 Å². The number of benzene rings is 10. The van der Waals surface area contributed by atoms with Crippen molar-refractivity contribution in [1.29, 1.82) is 0 Å². The Balaban J connectivity index is 1.11. The van der Waals surface area contributed by atoms with E-state index >= 15 is 0 Å². The summed E-state index contributed by atoms with van der Waals surface area (Å²) < 4.78 is 5.11. The van der Waals surface area contributed by atoms with E-state index in [9.17, 15) is 0 Å². The molecule has 0 unspecified atom stereocenters. The van der Waals surface area contributed by atoms with Crippen molar-refractivity contribution >= 4 is 80.1 Å². The van der Waals surface area contributed by atoms with E-state index in [4.69, 9.17) is 0 Å². The Morgan fingerprint density at radius 2 is 0.730 bits per heavy atom. The predicted molar refractivity (Wildman–Crippen MR) is 274 cm³/mol. The fourth-order valence-electron chi connectivity index (χ4n) is 9.31. The fraction of sp³-hybridized carbons (Fsp3) is 0. The van der Waals surface area contributed by atoms with E-state index in [0.717, 1.165) is 17.1 Å². The van der Waals surface area contributed by atoms with Crippen LogP contribution in [-0.2, 0) is 0 Å². The highest BCUT2D eigenvalue weighted by Gasteiger charge is 2.24. The highest BCUT2D eigenvalue weighted by molar-refractivity contribution is 7.26. The van der Waals surface area contributed by atoms with Gasteiger partial charge in [0.05, 0.1) is 11.4 Å².